The maximum atomic E-state index is 12.8. The van der Waals surface area contributed by atoms with Crippen molar-refractivity contribution in [3.63, 3.8) is 0 Å². The van der Waals surface area contributed by atoms with Gasteiger partial charge in [0.25, 0.3) is 0 Å². The summed E-state index contributed by atoms with van der Waals surface area (Å²) in [5.74, 6) is -0.161. The second-order valence-corrected chi connectivity index (χ2v) is 9.58. The molecule has 0 unspecified atom stereocenters. The largest absolute Gasteiger partial charge is 0.316 e. The van der Waals surface area contributed by atoms with Crippen molar-refractivity contribution < 1.29 is 4.79 Å². The molecule has 1 amide bonds. The first-order chi connectivity index (χ1) is 14.6. The van der Waals surface area contributed by atoms with Gasteiger partial charge in [-0.2, -0.15) is 9.94 Å². The molecule has 0 aliphatic heterocycles. The number of fused-ring (bicyclic) bond motifs is 1. The fourth-order valence-corrected chi connectivity index (χ4v) is 5.53. The van der Waals surface area contributed by atoms with E-state index in [0.29, 0.717) is 15.7 Å². The Hall–Kier alpha value is -2.70. The van der Waals surface area contributed by atoms with E-state index in [1.165, 1.54) is 33.5 Å². The second-order valence-electron chi connectivity index (χ2n) is 7.17. The third-order valence-electron chi connectivity index (χ3n) is 5.20. The van der Waals surface area contributed by atoms with Crippen LogP contribution in [0.2, 0.25) is 0 Å². The number of nitrogens with zero attached hydrogens (tertiary/aromatic N) is 5. The van der Waals surface area contributed by atoms with Crippen LogP contribution in [0, 0.1) is 11.3 Å². The fourth-order valence-electron chi connectivity index (χ4n) is 3.48. The molecule has 0 bridgehead atoms. The number of aromatic nitrogens is 4. The first kappa shape index (κ1) is 20.6. The molecule has 0 saturated carbocycles. The predicted molar refractivity (Wildman–Crippen MR) is 118 cm³/mol. The summed E-state index contributed by atoms with van der Waals surface area (Å²) in [6.07, 6.45) is 5.10. The lowest BCUT2D eigenvalue weighted by molar-refractivity contribution is -0.115. The first-order valence-electron chi connectivity index (χ1n) is 10.0. The van der Waals surface area contributed by atoms with E-state index in [2.05, 4.69) is 33.8 Å². The minimum atomic E-state index is -0.421. The van der Waals surface area contributed by atoms with Crippen LogP contribution >= 0.6 is 23.1 Å². The van der Waals surface area contributed by atoms with Crippen molar-refractivity contribution in [2.45, 2.75) is 56.4 Å². The molecule has 4 rings (SSSR count). The third-order valence-corrected chi connectivity index (χ3v) is 7.44. The number of amides is 1. The number of aryl methyl sites for hydroxylation is 2. The average molecular weight is 439 g/mol. The molecule has 2 aromatic heterocycles. The lowest BCUT2D eigenvalue weighted by atomic mass is 9.96. The summed E-state index contributed by atoms with van der Waals surface area (Å²) in [4.78, 5) is 14.1. The lowest BCUT2D eigenvalue weighted by Crippen LogP contribution is -2.23. The van der Waals surface area contributed by atoms with Crippen LogP contribution in [-0.4, -0.2) is 31.4 Å². The van der Waals surface area contributed by atoms with Gasteiger partial charge in [0.1, 0.15) is 11.1 Å². The highest BCUT2D eigenvalue weighted by Crippen LogP contribution is 2.38. The molecule has 2 heterocycles. The van der Waals surface area contributed by atoms with Crippen molar-refractivity contribution in [1.29, 1.82) is 5.26 Å². The van der Waals surface area contributed by atoms with Crippen LogP contribution in [0.25, 0.3) is 5.69 Å². The molecular formula is C21H22N6OS2. The summed E-state index contributed by atoms with van der Waals surface area (Å²) in [5.41, 5.74) is 3.83. The number of benzene rings is 1. The van der Waals surface area contributed by atoms with Gasteiger partial charge in [-0.05, 0) is 72.7 Å². The van der Waals surface area contributed by atoms with Gasteiger partial charge in [0.05, 0.1) is 16.5 Å². The topological polar surface area (TPSA) is 96.5 Å². The zero-order valence-electron chi connectivity index (χ0n) is 16.9. The standard InChI is InChI=1S/C21H22N6OS2/c1-3-14-8-10-15(11-9-14)27-21(24-25-26-27)29-13(2)19(28)23-20-17(12-22)16-6-4-5-7-18(16)30-20/h8-11,13H,3-7H2,1-2H3,(H,23,28)/t13-/m1/s1. The van der Waals surface area contributed by atoms with Crippen LogP contribution in [-0.2, 0) is 24.1 Å². The molecule has 0 saturated heterocycles. The Balaban J connectivity index is 1.48. The highest BCUT2D eigenvalue weighted by molar-refractivity contribution is 8.00. The Morgan fingerprint density at radius 2 is 2.10 bits per heavy atom. The number of nitriles is 1. The van der Waals surface area contributed by atoms with E-state index in [1.807, 2.05) is 31.2 Å². The smallest absolute Gasteiger partial charge is 0.238 e. The highest BCUT2D eigenvalue weighted by Gasteiger charge is 2.25. The Labute approximate surface area is 183 Å². The zero-order valence-corrected chi connectivity index (χ0v) is 18.5. The van der Waals surface area contributed by atoms with Crippen LogP contribution in [0.4, 0.5) is 5.00 Å². The number of thiophene rings is 1. The Bertz CT molecular complexity index is 1100. The molecule has 7 nitrogen and oxygen atoms in total. The van der Waals surface area contributed by atoms with E-state index in [9.17, 15) is 10.1 Å². The fraction of sp³-hybridized carbons (Fsp3) is 0.381. The number of carbonyl (C=O) groups is 1. The van der Waals surface area contributed by atoms with E-state index >= 15 is 0 Å². The predicted octanol–water partition coefficient (Wildman–Crippen LogP) is 4.16. The van der Waals surface area contributed by atoms with Gasteiger partial charge in [-0.3, -0.25) is 4.79 Å². The van der Waals surface area contributed by atoms with E-state index in [0.717, 1.165) is 43.4 Å². The summed E-state index contributed by atoms with van der Waals surface area (Å²) in [7, 11) is 0. The van der Waals surface area contributed by atoms with Crippen molar-refractivity contribution in [3.8, 4) is 11.8 Å². The molecule has 154 valence electrons. The lowest BCUT2D eigenvalue weighted by Gasteiger charge is -2.11. The number of hydrogen-bond acceptors (Lipinski definition) is 7. The van der Waals surface area contributed by atoms with Crippen LogP contribution in [0.15, 0.2) is 29.4 Å². The SMILES string of the molecule is CCc1ccc(-n2nnnc2S[C@H](C)C(=O)Nc2sc3c(c2C#N)CCCC3)cc1. The zero-order chi connectivity index (χ0) is 21.1. The third kappa shape index (κ3) is 4.11. The maximum Gasteiger partial charge on any atom is 0.238 e. The van der Waals surface area contributed by atoms with Gasteiger partial charge >= 0.3 is 0 Å². The number of rotatable bonds is 6. The van der Waals surface area contributed by atoms with Crippen LogP contribution < -0.4 is 5.32 Å². The summed E-state index contributed by atoms with van der Waals surface area (Å²) in [6, 6.07) is 10.3. The number of thioether (sulfide) groups is 1. The highest BCUT2D eigenvalue weighted by atomic mass is 32.2. The molecule has 0 radical (unpaired) electrons. The van der Waals surface area contributed by atoms with Gasteiger partial charge in [0.15, 0.2) is 0 Å². The van der Waals surface area contributed by atoms with Gasteiger partial charge < -0.3 is 5.32 Å². The molecule has 9 heteroatoms. The van der Waals surface area contributed by atoms with Crippen molar-refractivity contribution in [3.05, 3.63) is 45.8 Å². The van der Waals surface area contributed by atoms with E-state index in [-0.39, 0.29) is 5.91 Å². The Morgan fingerprint density at radius 1 is 1.33 bits per heavy atom. The van der Waals surface area contributed by atoms with E-state index in [1.54, 1.807) is 4.68 Å². The van der Waals surface area contributed by atoms with E-state index in [4.69, 9.17) is 0 Å². The number of nitrogens with one attached hydrogen (secondary N) is 1. The molecule has 3 aromatic rings. The molecule has 1 atom stereocenters. The van der Waals surface area contributed by atoms with E-state index < -0.39 is 5.25 Å². The van der Waals surface area contributed by atoms with Crippen molar-refractivity contribution >= 4 is 34.0 Å². The first-order valence-corrected chi connectivity index (χ1v) is 11.7. The molecular weight excluding hydrogens is 416 g/mol. The quantitative estimate of drug-likeness (QED) is 0.581. The average Bonchev–Trinajstić information content (AvgIpc) is 3.37. The normalized spacial score (nSPS) is 14.0. The minimum Gasteiger partial charge on any atom is -0.316 e. The van der Waals surface area contributed by atoms with Gasteiger partial charge in [-0.15, -0.1) is 16.4 Å². The molecule has 1 aliphatic carbocycles. The molecule has 30 heavy (non-hydrogen) atoms. The van der Waals surface area contributed by atoms with Gasteiger partial charge in [0, 0.05) is 4.88 Å². The molecule has 0 spiro atoms. The Kier molecular flexibility index (Phi) is 6.16. The number of carbonyl (C=O) groups excluding carboxylic acids is 1. The van der Waals surface area contributed by atoms with Crippen LogP contribution in [0.5, 0.6) is 0 Å². The molecule has 1 aromatic carbocycles. The van der Waals surface area contributed by atoms with Gasteiger partial charge in [0.2, 0.25) is 11.1 Å². The summed E-state index contributed by atoms with van der Waals surface area (Å²) >= 11 is 2.83. The van der Waals surface area contributed by atoms with Gasteiger partial charge in [-0.1, -0.05) is 30.8 Å². The van der Waals surface area contributed by atoms with Crippen molar-refractivity contribution in [2.24, 2.45) is 0 Å². The monoisotopic (exact) mass is 438 g/mol. The van der Waals surface area contributed by atoms with Gasteiger partial charge in [-0.25, -0.2) is 0 Å². The number of tetrazole rings is 1. The van der Waals surface area contributed by atoms with Crippen molar-refractivity contribution in [2.75, 3.05) is 5.32 Å². The summed E-state index contributed by atoms with van der Waals surface area (Å²) in [5, 5.41) is 25.3. The number of anilines is 1. The maximum absolute atomic E-state index is 12.8. The van der Waals surface area contributed by atoms with Crippen molar-refractivity contribution in [1.82, 2.24) is 20.2 Å². The molecule has 0 fully saturated rings. The Morgan fingerprint density at radius 3 is 2.83 bits per heavy atom. The second kappa shape index (κ2) is 8.98. The number of hydrogen-bond donors (Lipinski definition) is 1. The van der Waals surface area contributed by atoms with Crippen LogP contribution in [0.3, 0.4) is 0 Å². The summed E-state index contributed by atoms with van der Waals surface area (Å²) < 4.78 is 1.64. The molecule has 1 N–H and O–H groups in total. The van der Waals surface area contributed by atoms with Crippen LogP contribution in [0.1, 0.15) is 48.3 Å². The summed E-state index contributed by atoms with van der Waals surface area (Å²) in [6.45, 7) is 3.92. The minimum absolute atomic E-state index is 0.161. The molecule has 1 aliphatic rings.